The summed E-state index contributed by atoms with van der Waals surface area (Å²) in [6.07, 6.45) is 2.93. The minimum absolute atomic E-state index is 0.173. The van der Waals surface area contributed by atoms with Crippen molar-refractivity contribution < 1.29 is 14.3 Å². The topological polar surface area (TPSA) is 67.4 Å². The van der Waals surface area contributed by atoms with Crippen molar-refractivity contribution in [3.8, 4) is 11.1 Å². The fraction of sp³-hybridized carbons (Fsp3) is 0.417. The second-order valence-corrected chi connectivity index (χ2v) is 7.78. The van der Waals surface area contributed by atoms with E-state index in [9.17, 15) is 9.59 Å². The molecule has 2 aromatic rings. The first kappa shape index (κ1) is 21.1. The van der Waals surface area contributed by atoms with Gasteiger partial charge in [-0.3, -0.25) is 9.59 Å². The second-order valence-electron chi connectivity index (χ2n) is 7.78. The molecular weight excluding hydrogens is 364 g/mol. The summed E-state index contributed by atoms with van der Waals surface area (Å²) in [7, 11) is 1.41. The summed E-state index contributed by atoms with van der Waals surface area (Å²) in [6, 6.07) is 17.3. The number of rotatable bonds is 7. The fourth-order valence-corrected chi connectivity index (χ4v) is 3.98. The molecular formula is C24H30N2O3. The maximum Gasteiger partial charge on any atom is 0.310 e. The van der Waals surface area contributed by atoms with Crippen molar-refractivity contribution in [2.45, 2.75) is 32.2 Å². The van der Waals surface area contributed by atoms with E-state index in [-0.39, 0.29) is 23.8 Å². The average Bonchev–Trinajstić information content (AvgIpc) is 2.78. The number of ether oxygens (including phenoxy) is 1. The first-order chi connectivity index (χ1) is 14.1. The predicted molar refractivity (Wildman–Crippen MR) is 115 cm³/mol. The zero-order valence-corrected chi connectivity index (χ0v) is 17.2. The molecule has 154 valence electrons. The molecule has 3 rings (SSSR count). The number of hydrogen-bond donors (Lipinski definition) is 2. The smallest absolute Gasteiger partial charge is 0.310 e. The van der Waals surface area contributed by atoms with Crippen LogP contribution in [0, 0.1) is 11.8 Å². The van der Waals surface area contributed by atoms with Gasteiger partial charge in [0.05, 0.1) is 13.0 Å². The largest absolute Gasteiger partial charge is 0.469 e. The van der Waals surface area contributed by atoms with E-state index in [1.807, 2.05) is 61.5 Å². The van der Waals surface area contributed by atoms with Crippen LogP contribution in [0.1, 0.15) is 36.5 Å². The van der Waals surface area contributed by atoms with E-state index < -0.39 is 0 Å². The molecule has 0 radical (unpaired) electrons. The molecule has 1 aliphatic rings. The highest BCUT2D eigenvalue weighted by atomic mass is 16.5. The molecule has 1 aliphatic heterocycles. The molecule has 3 atom stereocenters. The van der Waals surface area contributed by atoms with Gasteiger partial charge >= 0.3 is 5.97 Å². The van der Waals surface area contributed by atoms with Gasteiger partial charge in [0.1, 0.15) is 0 Å². The number of benzene rings is 2. The highest BCUT2D eigenvalue weighted by Crippen LogP contribution is 2.24. The zero-order valence-electron chi connectivity index (χ0n) is 17.2. The zero-order chi connectivity index (χ0) is 20.6. The molecule has 0 saturated carbocycles. The highest BCUT2D eigenvalue weighted by molar-refractivity contribution is 5.95. The molecule has 1 saturated heterocycles. The molecule has 0 aromatic heterocycles. The lowest BCUT2D eigenvalue weighted by molar-refractivity contribution is -0.147. The highest BCUT2D eigenvalue weighted by Gasteiger charge is 2.30. The van der Waals surface area contributed by atoms with E-state index in [0.717, 1.165) is 37.1 Å². The number of nitrogens with one attached hydrogen (secondary N) is 2. The molecule has 5 nitrogen and oxygen atoms in total. The van der Waals surface area contributed by atoms with Crippen molar-refractivity contribution in [2.24, 2.45) is 11.8 Å². The van der Waals surface area contributed by atoms with Gasteiger partial charge in [-0.15, -0.1) is 0 Å². The van der Waals surface area contributed by atoms with Crippen LogP contribution in [0.15, 0.2) is 54.6 Å². The Bertz CT molecular complexity index is 799. The lowest BCUT2D eigenvalue weighted by atomic mass is 9.85. The quantitative estimate of drug-likeness (QED) is 0.704. The lowest BCUT2D eigenvalue weighted by Crippen LogP contribution is -2.44. The number of amides is 1. The van der Waals surface area contributed by atoms with Gasteiger partial charge in [-0.1, -0.05) is 42.5 Å². The summed E-state index contributed by atoms with van der Waals surface area (Å²) in [5, 5.41) is 6.38. The Labute approximate surface area is 172 Å². The van der Waals surface area contributed by atoms with Crippen LogP contribution in [0.25, 0.3) is 11.1 Å². The normalized spacial score (nSPS) is 18.5. The minimum atomic E-state index is -0.350. The third kappa shape index (κ3) is 5.67. The monoisotopic (exact) mass is 394 g/mol. The van der Waals surface area contributed by atoms with Gasteiger partial charge in [0.15, 0.2) is 0 Å². The molecule has 0 spiro atoms. The van der Waals surface area contributed by atoms with Gasteiger partial charge < -0.3 is 15.4 Å². The Morgan fingerprint density at radius 1 is 1.10 bits per heavy atom. The summed E-state index contributed by atoms with van der Waals surface area (Å²) in [5.41, 5.74) is 2.76. The van der Waals surface area contributed by atoms with Crippen molar-refractivity contribution in [3.63, 3.8) is 0 Å². The van der Waals surface area contributed by atoms with Crippen LogP contribution in [0.4, 0.5) is 0 Å². The van der Waals surface area contributed by atoms with Gasteiger partial charge in [0.2, 0.25) is 0 Å². The van der Waals surface area contributed by atoms with E-state index in [1.165, 1.54) is 7.11 Å². The van der Waals surface area contributed by atoms with Crippen LogP contribution in [0.5, 0.6) is 0 Å². The summed E-state index contributed by atoms with van der Waals surface area (Å²) in [4.78, 5) is 25.1. The van der Waals surface area contributed by atoms with Crippen molar-refractivity contribution in [2.75, 3.05) is 20.2 Å². The molecule has 1 fully saturated rings. The Morgan fingerprint density at radius 3 is 2.41 bits per heavy atom. The van der Waals surface area contributed by atoms with E-state index in [0.29, 0.717) is 17.9 Å². The molecule has 1 amide bonds. The van der Waals surface area contributed by atoms with Crippen LogP contribution in [0.3, 0.4) is 0 Å². The lowest BCUT2D eigenvalue weighted by Gasteiger charge is -2.29. The van der Waals surface area contributed by atoms with Crippen LogP contribution in [0.2, 0.25) is 0 Å². The predicted octanol–water partition coefficient (Wildman–Crippen LogP) is 3.65. The van der Waals surface area contributed by atoms with Gasteiger partial charge in [0, 0.05) is 11.6 Å². The van der Waals surface area contributed by atoms with E-state index in [4.69, 9.17) is 4.74 Å². The molecule has 2 unspecified atom stereocenters. The van der Waals surface area contributed by atoms with E-state index in [2.05, 4.69) is 10.6 Å². The number of methoxy groups -OCH3 is 1. The molecule has 0 bridgehead atoms. The molecule has 5 heteroatoms. The number of carbonyl (C=O) groups excluding carboxylic acids is 2. The number of carbonyl (C=O) groups is 2. The van der Waals surface area contributed by atoms with Crippen LogP contribution < -0.4 is 10.6 Å². The van der Waals surface area contributed by atoms with Crippen LogP contribution in [-0.2, 0) is 9.53 Å². The van der Waals surface area contributed by atoms with Crippen molar-refractivity contribution >= 4 is 11.9 Å². The Balaban J connectivity index is 1.64. The van der Waals surface area contributed by atoms with Crippen LogP contribution in [-0.4, -0.2) is 38.1 Å². The Morgan fingerprint density at radius 2 is 1.79 bits per heavy atom. The molecule has 2 N–H and O–H groups in total. The van der Waals surface area contributed by atoms with Crippen molar-refractivity contribution in [1.82, 2.24) is 10.6 Å². The maximum absolute atomic E-state index is 12.7. The number of esters is 1. The Hall–Kier alpha value is -2.66. The van der Waals surface area contributed by atoms with Gasteiger partial charge in [-0.25, -0.2) is 0 Å². The third-order valence-electron chi connectivity index (χ3n) is 5.71. The summed E-state index contributed by atoms with van der Waals surface area (Å²) >= 11 is 0. The SMILES string of the molecule is COC(=O)[C@H](CC1CCCNC1)C(C)NC(=O)c1ccc(-c2ccccc2)cc1. The third-order valence-corrected chi connectivity index (χ3v) is 5.71. The fourth-order valence-electron chi connectivity index (χ4n) is 3.98. The van der Waals surface area contributed by atoms with E-state index >= 15 is 0 Å². The maximum atomic E-state index is 12.7. The first-order valence-corrected chi connectivity index (χ1v) is 10.3. The van der Waals surface area contributed by atoms with Gasteiger partial charge in [0.25, 0.3) is 5.91 Å². The standard InChI is InChI=1S/C24H30N2O3/c1-17(22(24(28)29-2)15-18-7-6-14-25-16-18)26-23(27)21-12-10-20(11-13-21)19-8-4-3-5-9-19/h3-5,8-13,17-18,22,25H,6-7,14-16H2,1-2H3,(H,26,27)/t17?,18?,22-/m1/s1. The summed E-state index contributed by atoms with van der Waals surface area (Å²) in [6.45, 7) is 3.83. The van der Waals surface area contributed by atoms with Crippen molar-refractivity contribution in [3.05, 3.63) is 60.2 Å². The molecule has 1 heterocycles. The number of piperidine rings is 1. The first-order valence-electron chi connectivity index (χ1n) is 10.3. The second kappa shape index (κ2) is 10.2. The number of hydrogen-bond acceptors (Lipinski definition) is 4. The van der Waals surface area contributed by atoms with Crippen LogP contribution >= 0.6 is 0 Å². The summed E-state index contributed by atoms with van der Waals surface area (Å²) < 4.78 is 5.02. The van der Waals surface area contributed by atoms with Gasteiger partial charge in [-0.05, 0) is 68.5 Å². The molecule has 2 aromatic carbocycles. The molecule has 0 aliphatic carbocycles. The van der Waals surface area contributed by atoms with Crippen molar-refractivity contribution in [1.29, 1.82) is 0 Å². The van der Waals surface area contributed by atoms with Gasteiger partial charge in [-0.2, -0.15) is 0 Å². The average molecular weight is 395 g/mol. The summed E-state index contributed by atoms with van der Waals surface area (Å²) in [5.74, 6) is -0.356. The van der Waals surface area contributed by atoms with E-state index in [1.54, 1.807) is 0 Å². The minimum Gasteiger partial charge on any atom is -0.469 e. The molecule has 29 heavy (non-hydrogen) atoms. The Kier molecular flexibility index (Phi) is 7.42.